The van der Waals surface area contributed by atoms with Gasteiger partial charge in [0.25, 0.3) is 0 Å². The van der Waals surface area contributed by atoms with Gasteiger partial charge in [0.2, 0.25) is 0 Å². The van der Waals surface area contributed by atoms with Crippen molar-refractivity contribution in [3.8, 4) is 0 Å². The normalized spacial score (nSPS) is 48.3. The lowest BCUT2D eigenvalue weighted by Crippen LogP contribution is -2.53. The van der Waals surface area contributed by atoms with E-state index in [1.54, 1.807) is 0 Å². The van der Waals surface area contributed by atoms with Crippen molar-refractivity contribution in [3.05, 3.63) is 0 Å². The first-order valence-corrected chi connectivity index (χ1v) is 12.4. The Morgan fingerprint density at radius 2 is 1.61 bits per heavy atom. The molecule has 5 fully saturated rings. The summed E-state index contributed by atoms with van der Waals surface area (Å²) in [5.41, 5.74) is 0.421. The second kappa shape index (κ2) is 7.24. The Morgan fingerprint density at radius 1 is 0.857 bits per heavy atom. The lowest BCUT2D eigenvalue weighted by atomic mass is 9.47. The number of aliphatic hydroxyl groups is 1. The number of rotatable bonds is 3. The topological polar surface area (TPSA) is 38.7 Å². The fourth-order valence-electron chi connectivity index (χ4n) is 9.32. The summed E-state index contributed by atoms with van der Waals surface area (Å²) in [4.78, 5) is 0. The molecule has 1 aliphatic heterocycles. The van der Waals surface area contributed by atoms with E-state index in [0.29, 0.717) is 11.3 Å². The molecule has 0 bridgehead atoms. The summed E-state index contributed by atoms with van der Waals surface area (Å²) in [6.45, 7) is 8.46. The van der Waals surface area contributed by atoms with Crippen LogP contribution in [0.15, 0.2) is 0 Å². The van der Waals surface area contributed by atoms with Crippen molar-refractivity contribution in [1.82, 2.24) is 0 Å². The van der Waals surface area contributed by atoms with Gasteiger partial charge < -0.3 is 14.6 Å². The highest BCUT2D eigenvalue weighted by molar-refractivity contribution is 5.09. The van der Waals surface area contributed by atoms with Gasteiger partial charge in [0.1, 0.15) is 0 Å². The van der Waals surface area contributed by atoms with Crippen LogP contribution in [0.25, 0.3) is 0 Å². The van der Waals surface area contributed by atoms with E-state index in [9.17, 15) is 5.11 Å². The molecule has 160 valence electrons. The van der Waals surface area contributed by atoms with Gasteiger partial charge in [0.05, 0.1) is 19.3 Å². The van der Waals surface area contributed by atoms with Gasteiger partial charge in [-0.15, -0.1) is 0 Å². The summed E-state index contributed by atoms with van der Waals surface area (Å²) in [7, 11) is 0. The van der Waals surface area contributed by atoms with Crippen LogP contribution in [-0.4, -0.2) is 30.2 Å². The zero-order valence-electron chi connectivity index (χ0n) is 18.4. The van der Waals surface area contributed by atoms with Crippen LogP contribution in [0.2, 0.25) is 0 Å². The summed E-state index contributed by atoms with van der Waals surface area (Å²) in [6.07, 6.45) is 13.0. The average Bonchev–Trinajstić information content (AvgIpc) is 3.25. The van der Waals surface area contributed by atoms with Gasteiger partial charge in [-0.1, -0.05) is 13.8 Å². The molecule has 0 amide bonds. The largest absolute Gasteiger partial charge is 0.393 e. The van der Waals surface area contributed by atoms with Gasteiger partial charge in [-0.05, 0) is 105 Å². The van der Waals surface area contributed by atoms with Crippen molar-refractivity contribution in [2.45, 2.75) is 96.9 Å². The molecule has 1 spiro atoms. The van der Waals surface area contributed by atoms with Crippen LogP contribution < -0.4 is 0 Å². The third-order valence-corrected chi connectivity index (χ3v) is 9.92. The van der Waals surface area contributed by atoms with Crippen molar-refractivity contribution in [2.75, 3.05) is 13.2 Å². The Labute approximate surface area is 171 Å². The molecule has 3 nitrogen and oxygen atoms in total. The molecule has 1 heterocycles. The minimum absolute atomic E-state index is 0.136. The van der Waals surface area contributed by atoms with Crippen LogP contribution >= 0.6 is 0 Å². The predicted octanol–water partition coefficient (Wildman–Crippen LogP) is 5.41. The summed E-state index contributed by atoms with van der Waals surface area (Å²) < 4.78 is 12.2. The lowest BCUT2D eigenvalue weighted by molar-refractivity contribution is -0.210. The second-order valence-corrected chi connectivity index (χ2v) is 11.6. The molecule has 28 heavy (non-hydrogen) atoms. The van der Waals surface area contributed by atoms with Crippen LogP contribution in [0, 0.1) is 46.8 Å². The van der Waals surface area contributed by atoms with E-state index >= 15 is 0 Å². The van der Waals surface area contributed by atoms with E-state index in [1.807, 2.05) is 0 Å². The third-order valence-electron chi connectivity index (χ3n) is 9.92. The van der Waals surface area contributed by atoms with Crippen molar-refractivity contribution in [1.29, 1.82) is 0 Å². The van der Waals surface area contributed by atoms with Crippen molar-refractivity contribution < 1.29 is 14.6 Å². The average molecular weight is 391 g/mol. The minimum atomic E-state index is -0.213. The van der Waals surface area contributed by atoms with Gasteiger partial charge in [-0.2, -0.15) is 0 Å². The highest BCUT2D eigenvalue weighted by Crippen LogP contribution is 2.67. The standard InChI is InChI=1S/C25H42O3/c1-16(2)14-24-10-8-20-19-9-11-25(27-12-13-28-25)15-18(19)4-5-21(20)23(24)7-6-22(24)17(3)26/h16-23,26H,4-15H2,1-3H3/t17?,18?,19?,20-,21-,22-,23+,24+/m1/s1. The Balaban J connectivity index is 1.37. The van der Waals surface area contributed by atoms with Gasteiger partial charge in [-0.25, -0.2) is 0 Å². The van der Waals surface area contributed by atoms with E-state index < -0.39 is 0 Å². The Kier molecular flexibility index (Phi) is 5.12. The fraction of sp³-hybridized carbons (Fsp3) is 1.00. The Hall–Kier alpha value is -0.120. The van der Waals surface area contributed by atoms with Gasteiger partial charge in [0, 0.05) is 12.8 Å². The monoisotopic (exact) mass is 390 g/mol. The highest BCUT2D eigenvalue weighted by Gasteiger charge is 2.60. The summed E-state index contributed by atoms with van der Waals surface area (Å²) in [5.74, 6) is 5.49. The summed E-state index contributed by atoms with van der Waals surface area (Å²) >= 11 is 0. The van der Waals surface area contributed by atoms with E-state index in [-0.39, 0.29) is 11.9 Å². The number of aliphatic hydroxyl groups excluding tert-OH is 1. The van der Waals surface area contributed by atoms with Crippen LogP contribution in [0.1, 0.15) is 85.0 Å². The molecule has 0 aromatic carbocycles. The maximum Gasteiger partial charge on any atom is 0.168 e. The van der Waals surface area contributed by atoms with E-state index in [0.717, 1.165) is 61.6 Å². The number of hydrogen-bond acceptors (Lipinski definition) is 3. The van der Waals surface area contributed by atoms with Gasteiger partial charge >= 0.3 is 0 Å². The molecule has 3 unspecified atom stereocenters. The zero-order chi connectivity index (χ0) is 19.5. The number of ether oxygens (including phenoxy) is 2. The number of fused-ring (bicyclic) bond motifs is 5. The van der Waals surface area contributed by atoms with E-state index in [2.05, 4.69) is 20.8 Å². The molecule has 0 aromatic rings. The Bertz CT molecular complexity index is 566. The van der Waals surface area contributed by atoms with Crippen LogP contribution in [0.3, 0.4) is 0 Å². The van der Waals surface area contributed by atoms with Crippen molar-refractivity contribution in [2.24, 2.45) is 46.8 Å². The molecule has 1 saturated heterocycles. The SMILES string of the molecule is CC(C)C[C@]12CC[C@@H]3C4CCC5(CC4CC[C@H]3[C@@H]1CC[C@@H]2C(C)O)OCCO5. The molecule has 0 aromatic heterocycles. The maximum absolute atomic E-state index is 10.6. The minimum Gasteiger partial charge on any atom is -0.393 e. The first kappa shape index (κ1) is 19.8. The van der Waals surface area contributed by atoms with E-state index in [4.69, 9.17) is 9.47 Å². The van der Waals surface area contributed by atoms with Crippen LogP contribution in [0.4, 0.5) is 0 Å². The molecular weight excluding hydrogens is 348 g/mol. The second-order valence-electron chi connectivity index (χ2n) is 11.6. The first-order valence-electron chi connectivity index (χ1n) is 12.4. The van der Waals surface area contributed by atoms with Gasteiger partial charge in [-0.3, -0.25) is 0 Å². The molecule has 8 atom stereocenters. The Morgan fingerprint density at radius 3 is 2.32 bits per heavy atom. The molecule has 5 aliphatic rings. The first-order chi connectivity index (χ1) is 13.4. The van der Waals surface area contributed by atoms with Crippen LogP contribution in [-0.2, 0) is 9.47 Å². The molecule has 3 heteroatoms. The van der Waals surface area contributed by atoms with Crippen molar-refractivity contribution >= 4 is 0 Å². The smallest absolute Gasteiger partial charge is 0.168 e. The van der Waals surface area contributed by atoms with Crippen molar-refractivity contribution in [3.63, 3.8) is 0 Å². The van der Waals surface area contributed by atoms with Crippen LogP contribution in [0.5, 0.6) is 0 Å². The molecule has 4 saturated carbocycles. The molecular formula is C25H42O3. The third kappa shape index (κ3) is 3.02. The quantitative estimate of drug-likeness (QED) is 0.701. The zero-order valence-corrected chi connectivity index (χ0v) is 18.4. The molecule has 5 rings (SSSR count). The summed E-state index contributed by atoms with van der Waals surface area (Å²) in [5, 5.41) is 10.6. The summed E-state index contributed by atoms with van der Waals surface area (Å²) in [6, 6.07) is 0. The lowest BCUT2D eigenvalue weighted by Gasteiger charge is -2.58. The predicted molar refractivity (Wildman–Crippen MR) is 111 cm³/mol. The number of hydrogen-bond donors (Lipinski definition) is 1. The maximum atomic E-state index is 10.6. The molecule has 1 N–H and O–H groups in total. The molecule has 4 aliphatic carbocycles. The van der Waals surface area contributed by atoms with E-state index in [1.165, 1.54) is 51.4 Å². The van der Waals surface area contributed by atoms with Gasteiger partial charge in [0.15, 0.2) is 5.79 Å². The molecule has 0 radical (unpaired) electrons. The highest BCUT2D eigenvalue weighted by atomic mass is 16.7. The fourth-order valence-corrected chi connectivity index (χ4v) is 9.32.